The molecular weight excluding hydrogens is 166 g/mol. The van der Waals surface area contributed by atoms with Gasteiger partial charge in [-0.05, 0) is 26.7 Å². The summed E-state index contributed by atoms with van der Waals surface area (Å²) in [4.78, 5) is 0. The van der Waals surface area contributed by atoms with E-state index in [0.717, 1.165) is 25.9 Å². The monoisotopic (exact) mass is 187 g/mol. The maximum atomic E-state index is 5.50. The van der Waals surface area contributed by atoms with E-state index < -0.39 is 0 Å². The predicted octanol–water partition coefficient (Wildman–Crippen LogP) is 1.18. The molecule has 1 N–H and O–H groups in total. The van der Waals surface area contributed by atoms with Gasteiger partial charge in [0.25, 0.3) is 0 Å². The normalized spacial score (nSPS) is 21.2. The standard InChI is InChI=1S/C10H21NO2/c1-9(2,12-3)5-6-10(13-4)7-11-8-10/h11H,5-8H2,1-4H3. The lowest BCUT2D eigenvalue weighted by Gasteiger charge is -2.42. The van der Waals surface area contributed by atoms with Crippen LogP contribution in [-0.4, -0.2) is 38.5 Å². The summed E-state index contributed by atoms with van der Waals surface area (Å²) in [5.41, 5.74) is 0.0525. The van der Waals surface area contributed by atoms with Crippen molar-refractivity contribution in [1.82, 2.24) is 5.32 Å². The fraction of sp³-hybridized carbons (Fsp3) is 1.00. The molecule has 0 aromatic heterocycles. The van der Waals surface area contributed by atoms with Gasteiger partial charge in [0, 0.05) is 27.3 Å². The summed E-state index contributed by atoms with van der Waals surface area (Å²) in [6.45, 7) is 6.18. The van der Waals surface area contributed by atoms with Crippen molar-refractivity contribution in [3.05, 3.63) is 0 Å². The van der Waals surface area contributed by atoms with Gasteiger partial charge in [0.05, 0.1) is 11.2 Å². The summed E-state index contributed by atoms with van der Waals surface area (Å²) >= 11 is 0. The third kappa shape index (κ3) is 2.66. The quantitative estimate of drug-likeness (QED) is 0.701. The van der Waals surface area contributed by atoms with E-state index in [4.69, 9.17) is 9.47 Å². The third-order valence-electron chi connectivity index (χ3n) is 3.06. The molecule has 1 aliphatic rings. The van der Waals surface area contributed by atoms with Crippen LogP contribution in [-0.2, 0) is 9.47 Å². The summed E-state index contributed by atoms with van der Waals surface area (Å²) in [5, 5.41) is 3.24. The zero-order chi connectivity index (χ0) is 9.95. The number of hydrogen-bond acceptors (Lipinski definition) is 3. The molecule has 1 heterocycles. The van der Waals surface area contributed by atoms with Crippen molar-refractivity contribution in [3.63, 3.8) is 0 Å². The molecular formula is C10H21NO2. The van der Waals surface area contributed by atoms with E-state index in [0.29, 0.717) is 0 Å². The molecule has 3 heteroatoms. The minimum absolute atomic E-state index is 0.0267. The van der Waals surface area contributed by atoms with Gasteiger partial charge in [0.15, 0.2) is 0 Å². The van der Waals surface area contributed by atoms with Crippen LogP contribution in [0.3, 0.4) is 0 Å². The first-order valence-corrected chi connectivity index (χ1v) is 4.85. The first-order valence-electron chi connectivity index (χ1n) is 4.85. The molecule has 1 fully saturated rings. The van der Waals surface area contributed by atoms with Gasteiger partial charge in [0.1, 0.15) is 0 Å². The Bertz CT molecular complexity index is 159. The van der Waals surface area contributed by atoms with E-state index in [1.165, 1.54) is 0 Å². The maximum Gasteiger partial charge on any atom is 0.0927 e. The van der Waals surface area contributed by atoms with Gasteiger partial charge < -0.3 is 14.8 Å². The summed E-state index contributed by atoms with van der Waals surface area (Å²) in [6.07, 6.45) is 2.11. The fourth-order valence-corrected chi connectivity index (χ4v) is 1.46. The molecule has 0 spiro atoms. The van der Waals surface area contributed by atoms with Crippen LogP contribution in [0, 0.1) is 0 Å². The van der Waals surface area contributed by atoms with Gasteiger partial charge in [-0.3, -0.25) is 0 Å². The van der Waals surface area contributed by atoms with Crippen molar-refractivity contribution in [3.8, 4) is 0 Å². The second-order valence-electron chi connectivity index (χ2n) is 4.45. The molecule has 78 valence electrons. The van der Waals surface area contributed by atoms with Crippen LogP contribution in [0.15, 0.2) is 0 Å². The maximum absolute atomic E-state index is 5.50. The summed E-state index contributed by atoms with van der Waals surface area (Å²) < 4.78 is 10.9. The molecule has 0 radical (unpaired) electrons. The van der Waals surface area contributed by atoms with Crippen molar-refractivity contribution in [2.75, 3.05) is 27.3 Å². The van der Waals surface area contributed by atoms with Crippen molar-refractivity contribution in [2.45, 2.75) is 37.9 Å². The van der Waals surface area contributed by atoms with E-state index >= 15 is 0 Å². The highest BCUT2D eigenvalue weighted by Crippen LogP contribution is 2.27. The Balaban J connectivity index is 2.32. The van der Waals surface area contributed by atoms with Gasteiger partial charge >= 0.3 is 0 Å². The van der Waals surface area contributed by atoms with Gasteiger partial charge in [-0.2, -0.15) is 0 Å². The average molecular weight is 187 g/mol. The topological polar surface area (TPSA) is 30.5 Å². The van der Waals surface area contributed by atoms with Crippen molar-refractivity contribution >= 4 is 0 Å². The zero-order valence-electron chi connectivity index (χ0n) is 9.14. The van der Waals surface area contributed by atoms with Crippen molar-refractivity contribution in [2.24, 2.45) is 0 Å². The molecule has 13 heavy (non-hydrogen) atoms. The number of ether oxygens (including phenoxy) is 2. The molecule has 0 unspecified atom stereocenters. The number of rotatable bonds is 5. The Kier molecular flexibility index (Phi) is 3.33. The molecule has 1 aliphatic heterocycles. The smallest absolute Gasteiger partial charge is 0.0927 e. The first kappa shape index (κ1) is 11.0. The molecule has 0 aromatic carbocycles. The zero-order valence-corrected chi connectivity index (χ0v) is 9.14. The van der Waals surface area contributed by atoms with Crippen LogP contribution in [0.4, 0.5) is 0 Å². The molecule has 3 nitrogen and oxygen atoms in total. The van der Waals surface area contributed by atoms with Gasteiger partial charge in [-0.25, -0.2) is 0 Å². The summed E-state index contributed by atoms with van der Waals surface area (Å²) in [5.74, 6) is 0. The summed E-state index contributed by atoms with van der Waals surface area (Å²) in [7, 11) is 3.55. The highest BCUT2D eigenvalue weighted by molar-refractivity contribution is 4.95. The predicted molar refractivity (Wildman–Crippen MR) is 52.9 cm³/mol. The van der Waals surface area contributed by atoms with Crippen LogP contribution in [0.2, 0.25) is 0 Å². The Morgan fingerprint density at radius 1 is 1.31 bits per heavy atom. The Hall–Kier alpha value is -0.120. The van der Waals surface area contributed by atoms with E-state index in [1.54, 1.807) is 14.2 Å². The van der Waals surface area contributed by atoms with Crippen LogP contribution in [0.1, 0.15) is 26.7 Å². The molecule has 0 saturated carbocycles. The highest BCUT2D eigenvalue weighted by Gasteiger charge is 2.37. The van der Waals surface area contributed by atoms with Gasteiger partial charge in [-0.15, -0.1) is 0 Å². The molecule has 0 atom stereocenters. The molecule has 1 rings (SSSR count). The van der Waals surface area contributed by atoms with Crippen molar-refractivity contribution < 1.29 is 9.47 Å². The van der Waals surface area contributed by atoms with Crippen LogP contribution >= 0.6 is 0 Å². The van der Waals surface area contributed by atoms with Gasteiger partial charge in [0.2, 0.25) is 0 Å². The lowest BCUT2D eigenvalue weighted by Crippen LogP contribution is -2.61. The third-order valence-corrected chi connectivity index (χ3v) is 3.06. The van der Waals surface area contributed by atoms with Gasteiger partial charge in [-0.1, -0.05) is 0 Å². The van der Waals surface area contributed by atoms with E-state index in [-0.39, 0.29) is 11.2 Å². The Morgan fingerprint density at radius 2 is 1.92 bits per heavy atom. The molecule has 1 saturated heterocycles. The Morgan fingerprint density at radius 3 is 2.23 bits per heavy atom. The fourth-order valence-electron chi connectivity index (χ4n) is 1.46. The van der Waals surface area contributed by atoms with E-state index in [1.807, 2.05) is 0 Å². The SMILES string of the molecule is COC(C)(C)CCC1(OC)CNC1. The van der Waals surface area contributed by atoms with Crippen LogP contribution in [0.5, 0.6) is 0 Å². The lowest BCUT2D eigenvalue weighted by molar-refractivity contribution is -0.0774. The number of nitrogens with one attached hydrogen (secondary N) is 1. The number of methoxy groups -OCH3 is 2. The molecule has 0 amide bonds. The number of hydrogen-bond donors (Lipinski definition) is 1. The highest BCUT2D eigenvalue weighted by atomic mass is 16.5. The second-order valence-corrected chi connectivity index (χ2v) is 4.45. The summed E-state index contributed by atoms with van der Waals surface area (Å²) in [6, 6.07) is 0. The minimum Gasteiger partial charge on any atom is -0.379 e. The molecule has 0 bridgehead atoms. The lowest BCUT2D eigenvalue weighted by atomic mass is 9.87. The molecule has 0 aromatic rings. The van der Waals surface area contributed by atoms with Crippen LogP contribution < -0.4 is 5.32 Å². The largest absolute Gasteiger partial charge is 0.379 e. The average Bonchev–Trinajstić information content (AvgIpc) is 2.03. The van der Waals surface area contributed by atoms with E-state index in [2.05, 4.69) is 19.2 Å². The molecule has 0 aliphatic carbocycles. The minimum atomic E-state index is -0.0267. The van der Waals surface area contributed by atoms with Crippen molar-refractivity contribution in [1.29, 1.82) is 0 Å². The first-order chi connectivity index (χ1) is 6.04. The van der Waals surface area contributed by atoms with Crippen LogP contribution in [0.25, 0.3) is 0 Å². The Labute approximate surface area is 80.8 Å². The van der Waals surface area contributed by atoms with E-state index in [9.17, 15) is 0 Å². The second kappa shape index (κ2) is 3.95.